The number of hydrogen-bond donors (Lipinski definition) is 1. The molecule has 0 atom stereocenters. The Labute approximate surface area is 116 Å². The SMILES string of the molecule is Cc1cc(Br)ccc1-n1ccc(CNC(C)C)n1. The Morgan fingerprint density at radius 3 is 2.78 bits per heavy atom. The Bertz CT molecular complexity index is 532. The first kappa shape index (κ1) is 13.3. The van der Waals surface area contributed by atoms with Gasteiger partial charge in [-0.15, -0.1) is 0 Å². The first-order valence-electron chi connectivity index (χ1n) is 6.10. The van der Waals surface area contributed by atoms with Crippen LogP contribution in [-0.2, 0) is 6.54 Å². The average Bonchev–Trinajstić information content (AvgIpc) is 2.75. The second-order valence-corrected chi connectivity index (χ2v) is 5.63. The Kier molecular flexibility index (Phi) is 4.19. The highest BCUT2D eigenvalue weighted by atomic mass is 79.9. The molecule has 1 heterocycles. The minimum absolute atomic E-state index is 0.476. The molecule has 3 nitrogen and oxygen atoms in total. The first-order valence-corrected chi connectivity index (χ1v) is 6.90. The number of benzene rings is 1. The van der Waals surface area contributed by atoms with E-state index in [1.165, 1.54) is 5.56 Å². The highest BCUT2D eigenvalue weighted by Crippen LogP contribution is 2.19. The summed E-state index contributed by atoms with van der Waals surface area (Å²) in [5.41, 5.74) is 3.39. The second kappa shape index (κ2) is 5.67. The van der Waals surface area contributed by atoms with Crippen LogP contribution in [0.1, 0.15) is 25.1 Å². The molecule has 0 bridgehead atoms. The highest BCUT2D eigenvalue weighted by molar-refractivity contribution is 9.10. The summed E-state index contributed by atoms with van der Waals surface area (Å²) in [5.74, 6) is 0. The lowest BCUT2D eigenvalue weighted by Crippen LogP contribution is -2.22. The predicted octanol–water partition coefficient (Wildman–Crippen LogP) is 3.44. The molecule has 4 heteroatoms. The molecule has 0 aliphatic heterocycles. The molecular weight excluding hydrogens is 290 g/mol. The summed E-state index contributed by atoms with van der Waals surface area (Å²) in [7, 11) is 0. The summed E-state index contributed by atoms with van der Waals surface area (Å²) in [5, 5.41) is 7.95. The third kappa shape index (κ3) is 3.21. The minimum atomic E-state index is 0.476. The van der Waals surface area contributed by atoms with Crippen molar-refractivity contribution >= 4 is 15.9 Å². The van der Waals surface area contributed by atoms with Gasteiger partial charge in [-0.3, -0.25) is 0 Å². The van der Waals surface area contributed by atoms with E-state index in [4.69, 9.17) is 0 Å². The van der Waals surface area contributed by atoms with E-state index in [-0.39, 0.29) is 0 Å². The number of nitrogens with zero attached hydrogens (tertiary/aromatic N) is 2. The van der Waals surface area contributed by atoms with Crippen LogP contribution in [0.3, 0.4) is 0 Å². The standard InChI is InChI=1S/C14H18BrN3/c1-10(2)16-9-13-6-7-18(17-13)14-5-4-12(15)8-11(14)3/h4-8,10,16H,9H2,1-3H3. The Morgan fingerprint density at radius 2 is 2.11 bits per heavy atom. The Balaban J connectivity index is 2.18. The molecule has 0 saturated carbocycles. The third-order valence-electron chi connectivity index (χ3n) is 2.74. The van der Waals surface area contributed by atoms with Gasteiger partial charge >= 0.3 is 0 Å². The van der Waals surface area contributed by atoms with Gasteiger partial charge in [0.1, 0.15) is 0 Å². The van der Waals surface area contributed by atoms with E-state index in [1.807, 2.05) is 16.9 Å². The van der Waals surface area contributed by atoms with Gasteiger partial charge in [-0.2, -0.15) is 5.10 Å². The van der Waals surface area contributed by atoms with Crippen LogP contribution in [0.4, 0.5) is 0 Å². The van der Waals surface area contributed by atoms with Gasteiger partial charge in [-0.25, -0.2) is 4.68 Å². The highest BCUT2D eigenvalue weighted by Gasteiger charge is 2.04. The van der Waals surface area contributed by atoms with Crippen LogP contribution in [0.15, 0.2) is 34.9 Å². The number of halogens is 1. The van der Waals surface area contributed by atoms with Crippen LogP contribution >= 0.6 is 15.9 Å². The lowest BCUT2D eigenvalue weighted by atomic mass is 10.2. The molecule has 0 aliphatic carbocycles. The maximum absolute atomic E-state index is 4.58. The molecule has 0 saturated heterocycles. The van der Waals surface area contributed by atoms with E-state index in [2.05, 4.69) is 65.3 Å². The van der Waals surface area contributed by atoms with Crippen LogP contribution in [0.25, 0.3) is 5.69 Å². The topological polar surface area (TPSA) is 29.9 Å². The summed E-state index contributed by atoms with van der Waals surface area (Å²) in [6, 6.07) is 8.74. The van der Waals surface area contributed by atoms with E-state index in [0.29, 0.717) is 6.04 Å². The maximum atomic E-state index is 4.58. The van der Waals surface area contributed by atoms with Crippen LogP contribution in [-0.4, -0.2) is 15.8 Å². The molecule has 1 aromatic heterocycles. The normalized spacial score (nSPS) is 11.2. The zero-order valence-corrected chi connectivity index (χ0v) is 12.5. The molecule has 0 aliphatic rings. The number of nitrogens with one attached hydrogen (secondary N) is 1. The molecule has 0 fully saturated rings. The fourth-order valence-electron chi connectivity index (χ4n) is 1.77. The largest absolute Gasteiger partial charge is 0.309 e. The molecule has 1 N–H and O–H groups in total. The van der Waals surface area contributed by atoms with Gasteiger partial charge in [0.05, 0.1) is 11.4 Å². The van der Waals surface area contributed by atoms with Crippen molar-refractivity contribution in [2.75, 3.05) is 0 Å². The fourth-order valence-corrected chi connectivity index (χ4v) is 2.25. The lowest BCUT2D eigenvalue weighted by molar-refractivity contribution is 0.578. The summed E-state index contributed by atoms with van der Waals surface area (Å²) in [6.07, 6.45) is 2.01. The smallest absolute Gasteiger partial charge is 0.0766 e. The van der Waals surface area contributed by atoms with Gasteiger partial charge in [-0.05, 0) is 36.8 Å². The molecule has 0 radical (unpaired) electrons. The first-order chi connectivity index (χ1) is 8.56. The predicted molar refractivity (Wildman–Crippen MR) is 78.0 cm³/mol. The van der Waals surface area contributed by atoms with Gasteiger partial charge in [0.15, 0.2) is 0 Å². The van der Waals surface area contributed by atoms with E-state index >= 15 is 0 Å². The van der Waals surface area contributed by atoms with Crippen molar-refractivity contribution in [1.82, 2.24) is 15.1 Å². The van der Waals surface area contributed by atoms with Gasteiger partial charge < -0.3 is 5.32 Å². The van der Waals surface area contributed by atoms with Gasteiger partial charge in [-0.1, -0.05) is 29.8 Å². The zero-order chi connectivity index (χ0) is 13.1. The number of rotatable bonds is 4. The summed E-state index contributed by atoms with van der Waals surface area (Å²) in [6.45, 7) is 7.17. The van der Waals surface area contributed by atoms with Crippen molar-refractivity contribution in [1.29, 1.82) is 0 Å². The third-order valence-corrected chi connectivity index (χ3v) is 3.23. The molecule has 2 aromatic rings. The fraction of sp³-hybridized carbons (Fsp3) is 0.357. The van der Waals surface area contributed by atoms with Crippen LogP contribution in [0.2, 0.25) is 0 Å². The molecule has 18 heavy (non-hydrogen) atoms. The van der Waals surface area contributed by atoms with Crippen molar-refractivity contribution in [2.45, 2.75) is 33.4 Å². The summed E-state index contributed by atoms with van der Waals surface area (Å²) < 4.78 is 3.02. The Hall–Kier alpha value is -1.13. The Morgan fingerprint density at radius 1 is 1.33 bits per heavy atom. The van der Waals surface area contributed by atoms with Crippen molar-refractivity contribution < 1.29 is 0 Å². The van der Waals surface area contributed by atoms with Gasteiger partial charge in [0, 0.05) is 23.3 Å². The monoisotopic (exact) mass is 307 g/mol. The van der Waals surface area contributed by atoms with Crippen molar-refractivity contribution in [3.8, 4) is 5.69 Å². The van der Waals surface area contributed by atoms with E-state index < -0.39 is 0 Å². The van der Waals surface area contributed by atoms with E-state index in [9.17, 15) is 0 Å². The van der Waals surface area contributed by atoms with Gasteiger partial charge in [0.2, 0.25) is 0 Å². The maximum Gasteiger partial charge on any atom is 0.0766 e. The summed E-state index contributed by atoms with van der Waals surface area (Å²) >= 11 is 3.48. The average molecular weight is 308 g/mol. The van der Waals surface area contributed by atoms with Crippen molar-refractivity contribution in [3.05, 3.63) is 46.2 Å². The lowest BCUT2D eigenvalue weighted by Gasteiger charge is -2.07. The minimum Gasteiger partial charge on any atom is -0.309 e. The molecule has 1 aromatic carbocycles. The summed E-state index contributed by atoms with van der Waals surface area (Å²) in [4.78, 5) is 0. The second-order valence-electron chi connectivity index (χ2n) is 4.72. The van der Waals surface area contributed by atoms with Crippen LogP contribution < -0.4 is 5.32 Å². The number of hydrogen-bond acceptors (Lipinski definition) is 2. The van der Waals surface area contributed by atoms with Crippen molar-refractivity contribution in [3.63, 3.8) is 0 Å². The molecule has 0 unspecified atom stereocenters. The molecular formula is C14H18BrN3. The number of aromatic nitrogens is 2. The van der Waals surface area contributed by atoms with E-state index in [0.717, 1.165) is 22.4 Å². The molecule has 2 rings (SSSR count). The quantitative estimate of drug-likeness (QED) is 0.937. The van der Waals surface area contributed by atoms with Gasteiger partial charge in [0.25, 0.3) is 0 Å². The molecule has 0 amide bonds. The molecule has 0 spiro atoms. The zero-order valence-electron chi connectivity index (χ0n) is 10.9. The number of aryl methyl sites for hydroxylation is 1. The molecule has 96 valence electrons. The van der Waals surface area contributed by atoms with Crippen molar-refractivity contribution in [2.24, 2.45) is 0 Å². The van der Waals surface area contributed by atoms with E-state index in [1.54, 1.807) is 0 Å². The van der Waals surface area contributed by atoms with Crippen LogP contribution in [0, 0.1) is 6.92 Å². The van der Waals surface area contributed by atoms with Crippen LogP contribution in [0.5, 0.6) is 0 Å².